The van der Waals surface area contributed by atoms with Crippen molar-refractivity contribution in [2.24, 2.45) is 5.73 Å². The van der Waals surface area contributed by atoms with Gasteiger partial charge in [0.2, 0.25) is 0 Å². The van der Waals surface area contributed by atoms with Crippen LogP contribution in [0.5, 0.6) is 0 Å². The number of rotatable bonds is 7. The number of nitrogens with two attached hydrogens (primary N) is 1. The topological polar surface area (TPSA) is 56.4 Å². The van der Waals surface area contributed by atoms with Crippen molar-refractivity contribution in [1.29, 1.82) is 5.41 Å². The van der Waals surface area contributed by atoms with Crippen LogP contribution in [0.15, 0.2) is 30.3 Å². The Hall–Kier alpha value is -1.55. The van der Waals surface area contributed by atoms with E-state index in [1.165, 1.54) is 31.6 Å². The fourth-order valence-electron chi connectivity index (χ4n) is 2.53. The zero-order chi connectivity index (χ0) is 13.5. The molecule has 4 heteroatoms. The van der Waals surface area contributed by atoms with Gasteiger partial charge in [0.15, 0.2) is 0 Å². The normalized spacial score (nSPS) is 15.6. The van der Waals surface area contributed by atoms with Gasteiger partial charge in [0.25, 0.3) is 0 Å². The number of para-hydroxylation sites is 1. The monoisotopic (exact) mass is 260 g/mol. The molecule has 0 unspecified atom stereocenters. The maximum Gasteiger partial charge on any atom is 0.0923 e. The predicted molar refractivity (Wildman–Crippen MR) is 80.9 cm³/mol. The number of hydrogen-bond acceptors (Lipinski definition) is 3. The molecule has 2 rings (SSSR count). The highest BCUT2D eigenvalue weighted by atomic mass is 15.2. The Morgan fingerprint density at radius 3 is 2.47 bits per heavy atom. The third-order valence-corrected chi connectivity index (χ3v) is 3.66. The molecule has 0 amide bonds. The lowest BCUT2D eigenvalue weighted by molar-refractivity contribution is 0.345. The molecule has 0 atom stereocenters. The molecule has 0 bridgehead atoms. The van der Waals surface area contributed by atoms with Crippen molar-refractivity contribution >= 4 is 11.5 Å². The van der Waals surface area contributed by atoms with E-state index in [4.69, 9.17) is 11.1 Å². The van der Waals surface area contributed by atoms with Gasteiger partial charge in [0, 0.05) is 31.7 Å². The highest BCUT2D eigenvalue weighted by Crippen LogP contribution is 2.14. The van der Waals surface area contributed by atoms with Crippen molar-refractivity contribution in [3.63, 3.8) is 0 Å². The van der Waals surface area contributed by atoms with Gasteiger partial charge >= 0.3 is 0 Å². The first-order chi connectivity index (χ1) is 9.25. The first-order valence-electron chi connectivity index (χ1n) is 7.11. The van der Waals surface area contributed by atoms with E-state index < -0.39 is 0 Å². The standard InChI is InChI=1S/C15H24N4/c16-15(17)8-11-19(14-6-2-1-3-7-14)13-12-18-9-4-5-10-18/h1-3,6-7H,4-5,8-13H2,(H3,16,17). The summed E-state index contributed by atoms with van der Waals surface area (Å²) in [7, 11) is 0. The van der Waals surface area contributed by atoms with E-state index in [-0.39, 0.29) is 5.84 Å². The molecule has 19 heavy (non-hydrogen) atoms. The summed E-state index contributed by atoms with van der Waals surface area (Å²) in [6, 6.07) is 10.4. The van der Waals surface area contributed by atoms with Crippen LogP contribution in [0.2, 0.25) is 0 Å². The minimum Gasteiger partial charge on any atom is -0.388 e. The third-order valence-electron chi connectivity index (χ3n) is 3.66. The van der Waals surface area contributed by atoms with Crippen molar-refractivity contribution in [3.05, 3.63) is 30.3 Å². The average Bonchev–Trinajstić information content (AvgIpc) is 2.93. The predicted octanol–water partition coefficient (Wildman–Crippen LogP) is 1.91. The number of nitrogens with one attached hydrogen (secondary N) is 1. The summed E-state index contributed by atoms with van der Waals surface area (Å²) in [5.74, 6) is 0.266. The first kappa shape index (κ1) is 13.9. The second kappa shape index (κ2) is 7.14. The zero-order valence-corrected chi connectivity index (χ0v) is 11.5. The van der Waals surface area contributed by atoms with Crippen molar-refractivity contribution in [2.75, 3.05) is 37.6 Å². The molecule has 1 saturated heterocycles. The summed E-state index contributed by atoms with van der Waals surface area (Å²) in [5, 5.41) is 7.39. The molecule has 3 N–H and O–H groups in total. The number of benzene rings is 1. The van der Waals surface area contributed by atoms with E-state index in [0.29, 0.717) is 6.42 Å². The van der Waals surface area contributed by atoms with E-state index in [1.807, 2.05) is 6.07 Å². The maximum absolute atomic E-state index is 7.39. The number of nitrogens with zero attached hydrogens (tertiary/aromatic N) is 2. The summed E-state index contributed by atoms with van der Waals surface area (Å²) in [5.41, 5.74) is 6.71. The van der Waals surface area contributed by atoms with Gasteiger partial charge in [0.05, 0.1) is 5.84 Å². The quantitative estimate of drug-likeness (QED) is 0.581. The summed E-state index contributed by atoms with van der Waals surface area (Å²) >= 11 is 0. The van der Waals surface area contributed by atoms with Crippen molar-refractivity contribution in [2.45, 2.75) is 19.3 Å². The minimum atomic E-state index is 0.266. The van der Waals surface area contributed by atoms with Crippen molar-refractivity contribution in [3.8, 4) is 0 Å². The van der Waals surface area contributed by atoms with Crippen molar-refractivity contribution < 1.29 is 0 Å². The molecule has 0 saturated carbocycles. The fraction of sp³-hybridized carbons (Fsp3) is 0.533. The Labute approximate surface area is 115 Å². The Bertz CT molecular complexity index is 384. The smallest absolute Gasteiger partial charge is 0.0923 e. The molecule has 1 aliphatic rings. The lowest BCUT2D eigenvalue weighted by Crippen LogP contribution is -2.35. The van der Waals surface area contributed by atoms with Crippen LogP contribution in [0.3, 0.4) is 0 Å². The lowest BCUT2D eigenvalue weighted by atomic mass is 10.2. The van der Waals surface area contributed by atoms with Gasteiger partial charge in [-0.2, -0.15) is 0 Å². The van der Waals surface area contributed by atoms with Crippen LogP contribution in [0.25, 0.3) is 0 Å². The molecule has 0 radical (unpaired) electrons. The first-order valence-corrected chi connectivity index (χ1v) is 7.11. The highest BCUT2D eigenvalue weighted by molar-refractivity contribution is 5.77. The zero-order valence-electron chi connectivity index (χ0n) is 11.5. The molecule has 0 aromatic heterocycles. The van der Waals surface area contributed by atoms with E-state index in [9.17, 15) is 0 Å². The van der Waals surface area contributed by atoms with Crippen LogP contribution in [0.4, 0.5) is 5.69 Å². The molecule has 1 aliphatic heterocycles. The van der Waals surface area contributed by atoms with Crippen LogP contribution in [-0.2, 0) is 0 Å². The van der Waals surface area contributed by atoms with Gasteiger partial charge in [0.1, 0.15) is 0 Å². The Morgan fingerprint density at radius 1 is 1.16 bits per heavy atom. The Kier molecular flexibility index (Phi) is 5.21. The molecule has 104 valence electrons. The molecule has 0 aliphatic carbocycles. The van der Waals surface area contributed by atoms with Crippen LogP contribution >= 0.6 is 0 Å². The SMILES string of the molecule is N=C(N)CCN(CCN1CCCC1)c1ccccc1. The molecule has 0 spiro atoms. The second-order valence-corrected chi connectivity index (χ2v) is 5.15. The van der Waals surface area contributed by atoms with E-state index in [0.717, 1.165) is 19.6 Å². The van der Waals surface area contributed by atoms with Crippen LogP contribution in [-0.4, -0.2) is 43.5 Å². The third kappa shape index (κ3) is 4.56. The van der Waals surface area contributed by atoms with Gasteiger partial charge in [-0.25, -0.2) is 0 Å². The Morgan fingerprint density at radius 2 is 1.84 bits per heavy atom. The molecule has 1 aromatic rings. The van der Waals surface area contributed by atoms with Crippen LogP contribution in [0, 0.1) is 5.41 Å². The summed E-state index contributed by atoms with van der Waals surface area (Å²) in [6.45, 7) is 5.40. The van der Waals surface area contributed by atoms with Gasteiger partial charge in [-0.05, 0) is 38.1 Å². The van der Waals surface area contributed by atoms with Crippen LogP contribution in [0.1, 0.15) is 19.3 Å². The summed E-state index contributed by atoms with van der Waals surface area (Å²) < 4.78 is 0. The number of anilines is 1. The number of hydrogen-bond donors (Lipinski definition) is 2. The summed E-state index contributed by atoms with van der Waals surface area (Å²) in [6.07, 6.45) is 3.30. The number of likely N-dealkylation sites (tertiary alicyclic amines) is 1. The van der Waals surface area contributed by atoms with Gasteiger partial charge in [-0.1, -0.05) is 18.2 Å². The van der Waals surface area contributed by atoms with Gasteiger partial charge < -0.3 is 15.5 Å². The van der Waals surface area contributed by atoms with E-state index in [1.54, 1.807) is 0 Å². The van der Waals surface area contributed by atoms with Crippen LogP contribution < -0.4 is 10.6 Å². The van der Waals surface area contributed by atoms with Gasteiger partial charge in [-0.3, -0.25) is 5.41 Å². The molecular weight excluding hydrogens is 236 g/mol. The molecule has 1 aromatic carbocycles. The van der Waals surface area contributed by atoms with E-state index in [2.05, 4.69) is 34.1 Å². The summed E-state index contributed by atoms with van der Waals surface area (Å²) in [4.78, 5) is 4.85. The fourth-order valence-corrected chi connectivity index (χ4v) is 2.53. The molecule has 1 fully saturated rings. The Balaban J connectivity index is 1.91. The molecule has 1 heterocycles. The average molecular weight is 260 g/mol. The second-order valence-electron chi connectivity index (χ2n) is 5.15. The maximum atomic E-state index is 7.39. The largest absolute Gasteiger partial charge is 0.388 e. The highest BCUT2D eigenvalue weighted by Gasteiger charge is 2.13. The molecular formula is C15H24N4. The van der Waals surface area contributed by atoms with Crippen molar-refractivity contribution in [1.82, 2.24) is 4.90 Å². The van der Waals surface area contributed by atoms with Gasteiger partial charge in [-0.15, -0.1) is 0 Å². The molecule has 4 nitrogen and oxygen atoms in total. The number of amidine groups is 1. The lowest BCUT2D eigenvalue weighted by Gasteiger charge is -2.27. The van der Waals surface area contributed by atoms with E-state index >= 15 is 0 Å². The minimum absolute atomic E-state index is 0.266.